The molecular weight excluding hydrogens is 324 g/mol. The monoisotopic (exact) mass is 340 g/mol. The first-order valence-corrected chi connectivity index (χ1v) is 9.32. The van der Waals surface area contributed by atoms with E-state index in [4.69, 9.17) is 5.14 Å². The van der Waals surface area contributed by atoms with E-state index in [1.54, 1.807) is 6.07 Å². The average Bonchev–Trinajstić information content (AvgIpc) is 3.03. The second-order valence-electron chi connectivity index (χ2n) is 5.77. The minimum absolute atomic E-state index is 0.0880. The molecule has 1 aromatic carbocycles. The number of fused-ring (bicyclic) bond motifs is 1. The van der Waals surface area contributed by atoms with Crippen molar-refractivity contribution in [2.75, 3.05) is 0 Å². The van der Waals surface area contributed by atoms with Gasteiger partial charge in [0.2, 0.25) is 4.34 Å². The quantitative estimate of drug-likeness (QED) is 0.886. The van der Waals surface area contributed by atoms with Crippen molar-refractivity contribution in [1.29, 1.82) is 0 Å². The number of aromatic nitrogens is 1. The zero-order valence-electron chi connectivity index (χ0n) is 11.8. The first-order chi connectivity index (χ1) is 10.3. The van der Waals surface area contributed by atoms with Gasteiger partial charge in [-0.15, -0.1) is 11.3 Å². The van der Waals surface area contributed by atoms with Crippen LogP contribution in [0.4, 0.5) is 0 Å². The first kappa shape index (κ1) is 15.4. The van der Waals surface area contributed by atoms with Crippen LogP contribution < -0.4 is 5.14 Å². The molecule has 2 aromatic rings. The Hall–Kier alpha value is -1.51. The van der Waals surface area contributed by atoms with Crippen molar-refractivity contribution in [1.82, 2.24) is 4.98 Å². The van der Waals surface area contributed by atoms with Crippen LogP contribution in [-0.4, -0.2) is 24.5 Å². The third-order valence-corrected chi connectivity index (χ3v) is 6.63. The number of carbonyl (C=O) groups is 1. The number of hydrogen-bond donors (Lipinski definition) is 2. The highest BCUT2D eigenvalue weighted by atomic mass is 32.2. The Balaban J connectivity index is 2.09. The van der Waals surface area contributed by atoms with Gasteiger partial charge in [0.15, 0.2) is 0 Å². The van der Waals surface area contributed by atoms with E-state index in [0.29, 0.717) is 5.52 Å². The second-order valence-corrected chi connectivity index (χ2v) is 8.53. The number of sulfonamides is 1. The lowest BCUT2D eigenvalue weighted by Crippen LogP contribution is -2.25. The molecule has 1 fully saturated rings. The molecule has 0 amide bonds. The summed E-state index contributed by atoms with van der Waals surface area (Å²) < 4.78 is 23.4. The largest absolute Gasteiger partial charge is 0.481 e. The van der Waals surface area contributed by atoms with Crippen LogP contribution in [0.1, 0.15) is 37.7 Å². The Morgan fingerprint density at radius 1 is 1.36 bits per heavy atom. The Labute approximate surface area is 132 Å². The van der Waals surface area contributed by atoms with Crippen LogP contribution in [-0.2, 0) is 20.2 Å². The van der Waals surface area contributed by atoms with E-state index in [1.165, 1.54) is 0 Å². The van der Waals surface area contributed by atoms with Crippen LogP contribution in [0, 0.1) is 0 Å². The van der Waals surface area contributed by atoms with Crippen molar-refractivity contribution in [3.05, 3.63) is 23.8 Å². The maximum absolute atomic E-state index is 11.4. The lowest BCUT2D eigenvalue weighted by Gasteiger charge is -2.27. The summed E-state index contributed by atoms with van der Waals surface area (Å²) in [5.41, 5.74) is 1.11. The number of hydrogen-bond acceptors (Lipinski definition) is 5. The molecule has 3 rings (SSSR count). The van der Waals surface area contributed by atoms with Gasteiger partial charge in [0, 0.05) is 5.41 Å². The fraction of sp³-hybridized carbons (Fsp3) is 0.429. The number of nitrogens with zero attached hydrogens (tertiary/aromatic N) is 1. The fourth-order valence-electron chi connectivity index (χ4n) is 3.27. The van der Waals surface area contributed by atoms with Crippen LogP contribution in [0.25, 0.3) is 10.2 Å². The molecular formula is C14H16N2O4S2. The third-order valence-electron chi connectivity index (χ3n) is 4.27. The second kappa shape index (κ2) is 5.29. The molecule has 1 heterocycles. The minimum atomic E-state index is -3.82. The third kappa shape index (κ3) is 2.73. The van der Waals surface area contributed by atoms with Crippen LogP contribution in [0.2, 0.25) is 0 Å². The molecule has 0 spiro atoms. The van der Waals surface area contributed by atoms with Crippen molar-refractivity contribution in [3.8, 4) is 0 Å². The lowest BCUT2D eigenvalue weighted by atomic mass is 9.76. The lowest BCUT2D eigenvalue weighted by molar-refractivity contribution is -0.138. The number of carboxylic acids is 1. The Morgan fingerprint density at radius 2 is 2.05 bits per heavy atom. The molecule has 8 heteroatoms. The summed E-state index contributed by atoms with van der Waals surface area (Å²) in [5, 5.41) is 14.3. The van der Waals surface area contributed by atoms with Crippen molar-refractivity contribution in [2.24, 2.45) is 5.14 Å². The zero-order chi connectivity index (χ0) is 16.0. The van der Waals surface area contributed by atoms with Crippen LogP contribution in [0.5, 0.6) is 0 Å². The van der Waals surface area contributed by atoms with E-state index < -0.39 is 16.0 Å². The molecule has 0 saturated heterocycles. The predicted octanol–water partition coefficient (Wildman–Crippen LogP) is 2.23. The maximum atomic E-state index is 11.4. The highest BCUT2D eigenvalue weighted by molar-refractivity contribution is 7.91. The van der Waals surface area contributed by atoms with E-state index in [9.17, 15) is 18.3 Å². The van der Waals surface area contributed by atoms with Crippen molar-refractivity contribution >= 4 is 37.5 Å². The van der Waals surface area contributed by atoms with E-state index >= 15 is 0 Å². The molecule has 0 radical (unpaired) electrons. The SMILES string of the molecule is NS(=O)(=O)c1nc2cc(C3(CC(=O)O)CCCC3)ccc2s1. The molecule has 22 heavy (non-hydrogen) atoms. The molecule has 1 aromatic heterocycles. The number of aliphatic carboxylic acids is 1. The predicted molar refractivity (Wildman–Crippen MR) is 83.4 cm³/mol. The first-order valence-electron chi connectivity index (χ1n) is 6.96. The summed E-state index contributed by atoms with van der Waals surface area (Å²) in [6.45, 7) is 0. The molecule has 0 aliphatic heterocycles. The van der Waals surface area contributed by atoms with Gasteiger partial charge in [0.25, 0.3) is 10.0 Å². The highest BCUT2D eigenvalue weighted by Crippen LogP contribution is 2.44. The molecule has 1 saturated carbocycles. The smallest absolute Gasteiger partial charge is 0.304 e. The molecule has 1 aliphatic carbocycles. The van der Waals surface area contributed by atoms with Gasteiger partial charge in [-0.05, 0) is 30.5 Å². The van der Waals surface area contributed by atoms with Gasteiger partial charge in [-0.25, -0.2) is 18.5 Å². The van der Waals surface area contributed by atoms with E-state index in [-0.39, 0.29) is 16.2 Å². The van der Waals surface area contributed by atoms with Gasteiger partial charge in [-0.3, -0.25) is 4.79 Å². The van der Waals surface area contributed by atoms with Crippen LogP contribution in [0.15, 0.2) is 22.5 Å². The Kier molecular flexibility index (Phi) is 3.70. The highest BCUT2D eigenvalue weighted by Gasteiger charge is 2.38. The van der Waals surface area contributed by atoms with E-state index in [0.717, 1.165) is 47.3 Å². The van der Waals surface area contributed by atoms with Gasteiger partial charge >= 0.3 is 5.97 Å². The molecule has 1 aliphatic rings. The summed E-state index contributed by atoms with van der Waals surface area (Å²) in [6, 6.07) is 5.51. The van der Waals surface area contributed by atoms with Gasteiger partial charge in [0.1, 0.15) is 0 Å². The average molecular weight is 340 g/mol. The molecule has 0 unspecified atom stereocenters. The van der Waals surface area contributed by atoms with Crippen molar-refractivity contribution < 1.29 is 18.3 Å². The number of thiazole rings is 1. The molecule has 118 valence electrons. The minimum Gasteiger partial charge on any atom is -0.481 e. The fourth-order valence-corrected chi connectivity index (χ4v) is 4.90. The number of primary sulfonamides is 1. The van der Waals surface area contributed by atoms with Crippen molar-refractivity contribution in [3.63, 3.8) is 0 Å². The van der Waals surface area contributed by atoms with E-state index in [2.05, 4.69) is 4.98 Å². The molecule has 0 bridgehead atoms. The number of rotatable bonds is 4. The number of carboxylic acid groups (broad SMARTS) is 1. The van der Waals surface area contributed by atoms with Crippen LogP contribution >= 0.6 is 11.3 Å². The topological polar surface area (TPSA) is 110 Å². The van der Waals surface area contributed by atoms with Crippen molar-refractivity contribution in [2.45, 2.75) is 41.9 Å². The van der Waals surface area contributed by atoms with Gasteiger partial charge in [-0.1, -0.05) is 18.9 Å². The molecule has 6 nitrogen and oxygen atoms in total. The molecule has 0 atom stereocenters. The van der Waals surface area contributed by atoms with Gasteiger partial charge in [0.05, 0.1) is 16.6 Å². The summed E-state index contributed by atoms with van der Waals surface area (Å²) in [6.07, 6.45) is 3.76. The normalized spacial score (nSPS) is 17.9. The maximum Gasteiger partial charge on any atom is 0.304 e. The van der Waals surface area contributed by atoms with E-state index in [1.807, 2.05) is 12.1 Å². The number of benzene rings is 1. The Morgan fingerprint density at radius 3 is 2.64 bits per heavy atom. The van der Waals surface area contributed by atoms with Crippen LogP contribution in [0.3, 0.4) is 0 Å². The summed E-state index contributed by atoms with van der Waals surface area (Å²) in [7, 11) is -3.82. The molecule has 3 N–H and O–H groups in total. The summed E-state index contributed by atoms with van der Waals surface area (Å²) in [4.78, 5) is 15.3. The Bertz CT molecular complexity index is 836. The number of nitrogens with two attached hydrogens (primary N) is 1. The summed E-state index contributed by atoms with van der Waals surface area (Å²) in [5.74, 6) is -0.814. The standard InChI is InChI=1S/C14H16N2O4S2/c15-22(19,20)13-16-10-7-9(3-4-11(10)21-13)14(8-12(17)18)5-1-2-6-14/h3-4,7H,1-2,5-6,8H2,(H,17,18)(H2,15,19,20). The van der Waals surface area contributed by atoms with Gasteiger partial charge in [-0.2, -0.15) is 0 Å². The van der Waals surface area contributed by atoms with Gasteiger partial charge < -0.3 is 5.11 Å². The summed E-state index contributed by atoms with van der Waals surface area (Å²) >= 11 is 1.03. The zero-order valence-corrected chi connectivity index (χ0v) is 13.4.